The van der Waals surface area contributed by atoms with Crippen LogP contribution < -0.4 is 0 Å². The number of hydrogen-bond acceptors (Lipinski definition) is 5. The first-order chi connectivity index (χ1) is 14.1. The lowest BCUT2D eigenvalue weighted by atomic mass is 10.1. The summed E-state index contributed by atoms with van der Waals surface area (Å²) in [4.78, 5) is 21.3. The summed E-state index contributed by atoms with van der Waals surface area (Å²) in [6.07, 6.45) is 2.31. The van der Waals surface area contributed by atoms with E-state index in [1.54, 1.807) is 23.1 Å². The molecule has 0 unspecified atom stereocenters. The molecule has 0 N–H and O–H groups in total. The summed E-state index contributed by atoms with van der Waals surface area (Å²) in [6.45, 7) is 5.71. The van der Waals surface area contributed by atoms with Crippen LogP contribution in [0.3, 0.4) is 0 Å². The summed E-state index contributed by atoms with van der Waals surface area (Å²) in [5, 5.41) is 4.00. The molecule has 2 aromatic heterocycles. The minimum Gasteiger partial charge on any atom is -0.351 e. The van der Waals surface area contributed by atoms with Gasteiger partial charge in [0.1, 0.15) is 5.82 Å². The zero-order valence-electron chi connectivity index (χ0n) is 16.3. The minimum atomic E-state index is -0.276. The van der Waals surface area contributed by atoms with Gasteiger partial charge in [0.25, 0.3) is 5.91 Å². The number of aromatic nitrogens is 2. The molecule has 0 bridgehead atoms. The van der Waals surface area contributed by atoms with Gasteiger partial charge in [0.2, 0.25) is 5.76 Å². The van der Waals surface area contributed by atoms with Gasteiger partial charge in [-0.2, -0.15) is 0 Å². The molecule has 1 fully saturated rings. The molecular weight excluding hydrogens is 371 g/mol. The zero-order chi connectivity index (χ0) is 20.2. The lowest BCUT2D eigenvalue weighted by Gasteiger charge is -2.34. The Kier molecular flexibility index (Phi) is 5.67. The molecule has 0 aliphatic carbocycles. The van der Waals surface area contributed by atoms with Gasteiger partial charge in [0, 0.05) is 51.4 Å². The summed E-state index contributed by atoms with van der Waals surface area (Å²) in [6, 6.07) is 11.9. The maximum Gasteiger partial charge on any atom is 0.292 e. The van der Waals surface area contributed by atoms with E-state index in [1.165, 1.54) is 17.7 Å². The third kappa shape index (κ3) is 4.68. The summed E-state index contributed by atoms with van der Waals surface area (Å²) >= 11 is 0. The highest BCUT2D eigenvalue weighted by Crippen LogP contribution is 2.15. The third-order valence-corrected chi connectivity index (χ3v) is 5.22. The standard InChI is InChI=1S/C22H23FN4O2/c1-16-3-2-8-24-20(16)15-26-9-11-27(12-10-26)22(28)21-14-19(25-29-21)13-17-4-6-18(23)7-5-17/h2-8,14H,9-13,15H2,1H3. The molecule has 1 aromatic carbocycles. The van der Waals surface area contributed by atoms with Gasteiger partial charge >= 0.3 is 0 Å². The summed E-state index contributed by atoms with van der Waals surface area (Å²) < 4.78 is 18.3. The van der Waals surface area contributed by atoms with Crippen LogP contribution in [-0.4, -0.2) is 52.0 Å². The molecule has 3 heterocycles. The molecule has 150 valence electrons. The van der Waals surface area contributed by atoms with E-state index in [1.807, 2.05) is 12.3 Å². The van der Waals surface area contributed by atoms with Crippen molar-refractivity contribution >= 4 is 5.91 Å². The van der Waals surface area contributed by atoms with E-state index >= 15 is 0 Å². The molecule has 0 saturated carbocycles. The third-order valence-electron chi connectivity index (χ3n) is 5.22. The molecule has 1 aliphatic heterocycles. The van der Waals surface area contributed by atoms with Gasteiger partial charge in [-0.05, 0) is 36.2 Å². The molecule has 1 amide bonds. The van der Waals surface area contributed by atoms with E-state index in [9.17, 15) is 9.18 Å². The van der Waals surface area contributed by atoms with Gasteiger partial charge < -0.3 is 9.42 Å². The first kappa shape index (κ1) is 19.3. The molecule has 1 saturated heterocycles. The monoisotopic (exact) mass is 394 g/mol. The first-order valence-electron chi connectivity index (χ1n) is 9.70. The largest absolute Gasteiger partial charge is 0.351 e. The highest BCUT2D eigenvalue weighted by atomic mass is 19.1. The van der Waals surface area contributed by atoms with Crippen molar-refractivity contribution in [2.24, 2.45) is 0 Å². The minimum absolute atomic E-state index is 0.142. The lowest BCUT2D eigenvalue weighted by Crippen LogP contribution is -2.48. The highest BCUT2D eigenvalue weighted by Gasteiger charge is 2.25. The maximum absolute atomic E-state index is 13.0. The topological polar surface area (TPSA) is 62.5 Å². The van der Waals surface area contributed by atoms with Crippen LogP contribution in [0.2, 0.25) is 0 Å². The van der Waals surface area contributed by atoms with Crippen LogP contribution in [-0.2, 0) is 13.0 Å². The second kappa shape index (κ2) is 8.53. The van der Waals surface area contributed by atoms with Crippen molar-refractivity contribution in [1.82, 2.24) is 19.9 Å². The van der Waals surface area contributed by atoms with E-state index in [2.05, 4.69) is 28.0 Å². The van der Waals surface area contributed by atoms with Crippen LogP contribution in [0, 0.1) is 12.7 Å². The first-order valence-corrected chi connectivity index (χ1v) is 9.70. The van der Waals surface area contributed by atoms with Gasteiger partial charge in [-0.15, -0.1) is 0 Å². The number of carbonyl (C=O) groups excluding carboxylic acids is 1. The molecule has 0 spiro atoms. The van der Waals surface area contributed by atoms with Crippen molar-refractivity contribution in [3.63, 3.8) is 0 Å². The number of amides is 1. The SMILES string of the molecule is Cc1cccnc1CN1CCN(C(=O)c2cc(Cc3ccc(F)cc3)no2)CC1. The number of halogens is 1. The Bertz CT molecular complexity index is 978. The average Bonchev–Trinajstić information content (AvgIpc) is 3.20. The van der Waals surface area contributed by atoms with E-state index in [0.717, 1.165) is 30.9 Å². The van der Waals surface area contributed by atoms with Crippen molar-refractivity contribution in [3.8, 4) is 0 Å². The number of piperazine rings is 1. The van der Waals surface area contributed by atoms with Gasteiger partial charge in [-0.3, -0.25) is 14.7 Å². The normalized spacial score (nSPS) is 14.9. The Labute approximate surface area is 168 Å². The quantitative estimate of drug-likeness (QED) is 0.666. The molecule has 0 atom stereocenters. The molecule has 4 rings (SSSR count). The van der Waals surface area contributed by atoms with Crippen LogP contribution in [0.15, 0.2) is 53.2 Å². The van der Waals surface area contributed by atoms with E-state index in [4.69, 9.17) is 4.52 Å². The van der Waals surface area contributed by atoms with E-state index in [-0.39, 0.29) is 17.5 Å². The van der Waals surface area contributed by atoms with Crippen molar-refractivity contribution in [3.05, 3.63) is 82.8 Å². The fourth-order valence-electron chi connectivity index (χ4n) is 3.47. The van der Waals surface area contributed by atoms with Gasteiger partial charge in [-0.25, -0.2) is 4.39 Å². The predicted molar refractivity (Wildman–Crippen MR) is 106 cm³/mol. The number of nitrogens with zero attached hydrogens (tertiary/aromatic N) is 4. The highest BCUT2D eigenvalue weighted by molar-refractivity contribution is 5.91. The van der Waals surface area contributed by atoms with Gasteiger partial charge in [0.05, 0.1) is 11.4 Å². The number of aryl methyl sites for hydroxylation is 1. The maximum atomic E-state index is 13.0. The molecule has 3 aromatic rings. The fourth-order valence-corrected chi connectivity index (χ4v) is 3.47. The van der Waals surface area contributed by atoms with Crippen molar-refractivity contribution in [1.29, 1.82) is 0 Å². The summed E-state index contributed by atoms with van der Waals surface area (Å²) in [5.41, 5.74) is 3.83. The lowest BCUT2D eigenvalue weighted by molar-refractivity contribution is 0.0587. The zero-order valence-corrected chi connectivity index (χ0v) is 16.3. The Balaban J connectivity index is 1.32. The average molecular weight is 394 g/mol. The van der Waals surface area contributed by atoms with Crippen LogP contribution in [0.5, 0.6) is 0 Å². The Morgan fingerprint density at radius 1 is 1.14 bits per heavy atom. The molecule has 0 radical (unpaired) electrons. The Morgan fingerprint density at radius 2 is 1.90 bits per heavy atom. The smallest absolute Gasteiger partial charge is 0.292 e. The van der Waals surface area contributed by atoms with Crippen molar-refractivity contribution in [2.75, 3.05) is 26.2 Å². The predicted octanol–water partition coefficient (Wildman–Crippen LogP) is 3.07. The van der Waals surface area contributed by atoms with Crippen molar-refractivity contribution in [2.45, 2.75) is 19.9 Å². The molecule has 7 heteroatoms. The number of rotatable bonds is 5. The molecular formula is C22H23FN4O2. The second-order valence-corrected chi connectivity index (χ2v) is 7.32. The molecule has 1 aliphatic rings. The van der Waals surface area contributed by atoms with Crippen molar-refractivity contribution < 1.29 is 13.7 Å². The van der Waals surface area contributed by atoms with Gasteiger partial charge in [-0.1, -0.05) is 23.4 Å². The van der Waals surface area contributed by atoms with Crippen LogP contribution in [0.25, 0.3) is 0 Å². The number of benzene rings is 1. The van der Waals surface area contributed by atoms with Crippen LogP contribution in [0.1, 0.15) is 33.1 Å². The molecule has 29 heavy (non-hydrogen) atoms. The Morgan fingerprint density at radius 3 is 2.62 bits per heavy atom. The number of pyridine rings is 1. The second-order valence-electron chi connectivity index (χ2n) is 7.32. The van der Waals surface area contributed by atoms with Crippen LogP contribution in [0.4, 0.5) is 4.39 Å². The number of hydrogen-bond donors (Lipinski definition) is 0. The fraction of sp³-hybridized carbons (Fsp3) is 0.318. The summed E-state index contributed by atoms with van der Waals surface area (Å²) in [5.74, 6) is -0.172. The molecule has 6 nitrogen and oxygen atoms in total. The Hall–Kier alpha value is -3.06. The number of carbonyl (C=O) groups is 1. The van der Waals surface area contributed by atoms with Gasteiger partial charge in [0.15, 0.2) is 0 Å². The van der Waals surface area contributed by atoms with E-state index < -0.39 is 0 Å². The summed E-state index contributed by atoms with van der Waals surface area (Å²) in [7, 11) is 0. The van der Waals surface area contributed by atoms with E-state index in [0.29, 0.717) is 25.2 Å². The van der Waals surface area contributed by atoms with Crippen LogP contribution >= 0.6 is 0 Å².